The molecule has 0 heterocycles. The Hall–Kier alpha value is -1.06. The van der Waals surface area contributed by atoms with Crippen LogP contribution in [0.4, 0.5) is 0 Å². The predicted octanol–water partition coefficient (Wildman–Crippen LogP) is 1.89. The maximum atomic E-state index is 11.6. The van der Waals surface area contributed by atoms with Gasteiger partial charge < -0.3 is 10.0 Å². The van der Waals surface area contributed by atoms with Gasteiger partial charge in [-0.05, 0) is 12.8 Å². The maximum Gasteiger partial charge on any atom is 0.326 e. The SMILES string of the molecule is CCCCCC(=O)N(C)C(CC)C(=O)O. The molecule has 0 rings (SSSR count). The summed E-state index contributed by atoms with van der Waals surface area (Å²) in [7, 11) is 1.57. The predicted molar refractivity (Wildman–Crippen MR) is 58.6 cm³/mol. The fourth-order valence-corrected chi connectivity index (χ4v) is 1.49. The van der Waals surface area contributed by atoms with Crippen LogP contribution in [0.25, 0.3) is 0 Å². The van der Waals surface area contributed by atoms with E-state index in [9.17, 15) is 9.59 Å². The van der Waals surface area contributed by atoms with Crippen molar-refractivity contribution in [3.63, 3.8) is 0 Å². The van der Waals surface area contributed by atoms with E-state index in [1.54, 1.807) is 14.0 Å². The van der Waals surface area contributed by atoms with Gasteiger partial charge in [0, 0.05) is 13.5 Å². The van der Waals surface area contributed by atoms with E-state index in [0.29, 0.717) is 12.8 Å². The minimum absolute atomic E-state index is 0.0716. The van der Waals surface area contributed by atoms with Crippen molar-refractivity contribution in [1.29, 1.82) is 0 Å². The van der Waals surface area contributed by atoms with Gasteiger partial charge in [-0.1, -0.05) is 26.7 Å². The van der Waals surface area contributed by atoms with Crippen LogP contribution >= 0.6 is 0 Å². The van der Waals surface area contributed by atoms with E-state index in [1.807, 2.05) is 0 Å². The normalized spacial score (nSPS) is 12.2. The van der Waals surface area contributed by atoms with E-state index in [0.717, 1.165) is 19.3 Å². The highest BCUT2D eigenvalue weighted by Crippen LogP contribution is 2.07. The molecule has 4 nitrogen and oxygen atoms in total. The average molecular weight is 215 g/mol. The fraction of sp³-hybridized carbons (Fsp3) is 0.818. The van der Waals surface area contributed by atoms with E-state index in [2.05, 4.69) is 6.92 Å². The largest absolute Gasteiger partial charge is 0.480 e. The maximum absolute atomic E-state index is 11.6. The lowest BCUT2D eigenvalue weighted by Gasteiger charge is -2.23. The molecule has 0 radical (unpaired) electrons. The van der Waals surface area contributed by atoms with Gasteiger partial charge in [-0.3, -0.25) is 4.79 Å². The molecule has 0 aliphatic heterocycles. The second-order valence-corrected chi connectivity index (χ2v) is 3.72. The third-order valence-corrected chi connectivity index (χ3v) is 2.53. The number of hydrogen-bond acceptors (Lipinski definition) is 2. The van der Waals surface area contributed by atoms with Crippen LogP contribution in [0, 0.1) is 0 Å². The summed E-state index contributed by atoms with van der Waals surface area (Å²) in [6, 6.07) is -0.681. The highest BCUT2D eigenvalue weighted by Gasteiger charge is 2.23. The topological polar surface area (TPSA) is 57.6 Å². The van der Waals surface area contributed by atoms with E-state index >= 15 is 0 Å². The Morgan fingerprint density at radius 2 is 1.87 bits per heavy atom. The summed E-state index contributed by atoms with van der Waals surface area (Å²) in [4.78, 5) is 23.7. The minimum atomic E-state index is -0.927. The monoisotopic (exact) mass is 215 g/mol. The second-order valence-electron chi connectivity index (χ2n) is 3.72. The Morgan fingerprint density at radius 1 is 1.27 bits per heavy atom. The van der Waals surface area contributed by atoms with Crippen LogP contribution in [0.3, 0.4) is 0 Å². The summed E-state index contributed by atoms with van der Waals surface area (Å²) in [5.41, 5.74) is 0. The molecule has 15 heavy (non-hydrogen) atoms. The highest BCUT2D eigenvalue weighted by atomic mass is 16.4. The number of carbonyl (C=O) groups is 2. The van der Waals surface area contributed by atoms with Crippen molar-refractivity contribution in [2.75, 3.05) is 7.05 Å². The molecule has 0 aliphatic carbocycles. The Kier molecular flexibility index (Phi) is 6.75. The molecule has 0 aromatic carbocycles. The Balaban J connectivity index is 4.10. The molecule has 0 fully saturated rings. The molecule has 1 atom stereocenters. The average Bonchev–Trinajstić information content (AvgIpc) is 2.18. The number of amides is 1. The summed E-state index contributed by atoms with van der Waals surface area (Å²) in [5.74, 6) is -0.999. The van der Waals surface area contributed by atoms with Crippen LogP contribution in [0.1, 0.15) is 46.0 Å². The molecule has 0 saturated carbocycles. The number of unbranched alkanes of at least 4 members (excludes halogenated alkanes) is 2. The zero-order chi connectivity index (χ0) is 11.8. The van der Waals surface area contributed by atoms with Crippen molar-refractivity contribution in [3.8, 4) is 0 Å². The van der Waals surface area contributed by atoms with Gasteiger partial charge in [-0.15, -0.1) is 0 Å². The van der Waals surface area contributed by atoms with E-state index in [1.165, 1.54) is 4.90 Å². The van der Waals surface area contributed by atoms with Gasteiger partial charge in [0.2, 0.25) is 5.91 Å². The van der Waals surface area contributed by atoms with Crippen LogP contribution in [0.5, 0.6) is 0 Å². The molecule has 0 aromatic heterocycles. The quantitative estimate of drug-likeness (QED) is 0.660. The van der Waals surface area contributed by atoms with Crippen LogP contribution < -0.4 is 0 Å². The molecular weight excluding hydrogens is 194 g/mol. The lowest BCUT2D eigenvalue weighted by atomic mass is 10.1. The van der Waals surface area contributed by atoms with Gasteiger partial charge in [0.1, 0.15) is 6.04 Å². The zero-order valence-corrected chi connectivity index (χ0v) is 9.82. The first kappa shape index (κ1) is 13.9. The Morgan fingerprint density at radius 3 is 2.27 bits per heavy atom. The van der Waals surface area contributed by atoms with Crippen molar-refractivity contribution in [2.45, 2.75) is 52.0 Å². The lowest BCUT2D eigenvalue weighted by Crippen LogP contribution is -2.41. The van der Waals surface area contributed by atoms with Crippen LogP contribution in [-0.2, 0) is 9.59 Å². The molecule has 1 amide bonds. The van der Waals surface area contributed by atoms with Gasteiger partial charge in [0.15, 0.2) is 0 Å². The van der Waals surface area contributed by atoms with Gasteiger partial charge in [-0.25, -0.2) is 4.79 Å². The molecule has 0 aliphatic rings. The first-order valence-corrected chi connectivity index (χ1v) is 5.53. The Bertz CT molecular complexity index is 216. The molecule has 0 saturated heterocycles. The molecule has 0 bridgehead atoms. The summed E-state index contributed by atoms with van der Waals surface area (Å²) >= 11 is 0. The molecule has 0 aromatic rings. The van der Waals surface area contributed by atoms with Crippen LogP contribution in [-0.4, -0.2) is 35.0 Å². The molecule has 88 valence electrons. The summed E-state index contributed by atoms with van der Waals surface area (Å²) in [6.07, 6.45) is 3.83. The first-order valence-electron chi connectivity index (χ1n) is 5.53. The molecule has 4 heteroatoms. The fourth-order valence-electron chi connectivity index (χ4n) is 1.49. The van der Waals surface area contributed by atoms with Crippen molar-refractivity contribution >= 4 is 11.9 Å². The molecule has 0 spiro atoms. The van der Waals surface area contributed by atoms with E-state index < -0.39 is 12.0 Å². The molecule has 1 unspecified atom stereocenters. The van der Waals surface area contributed by atoms with Crippen molar-refractivity contribution in [2.24, 2.45) is 0 Å². The number of hydrogen-bond donors (Lipinski definition) is 1. The van der Waals surface area contributed by atoms with Crippen molar-refractivity contribution in [1.82, 2.24) is 4.90 Å². The smallest absolute Gasteiger partial charge is 0.326 e. The molecular formula is C11H21NO3. The van der Waals surface area contributed by atoms with Crippen molar-refractivity contribution < 1.29 is 14.7 Å². The van der Waals surface area contributed by atoms with Crippen LogP contribution in [0.15, 0.2) is 0 Å². The third kappa shape index (κ3) is 4.81. The van der Waals surface area contributed by atoms with Crippen LogP contribution in [0.2, 0.25) is 0 Å². The van der Waals surface area contributed by atoms with Crippen molar-refractivity contribution in [3.05, 3.63) is 0 Å². The lowest BCUT2D eigenvalue weighted by molar-refractivity contribution is -0.149. The van der Waals surface area contributed by atoms with Gasteiger partial charge in [-0.2, -0.15) is 0 Å². The van der Waals surface area contributed by atoms with E-state index in [4.69, 9.17) is 5.11 Å². The third-order valence-electron chi connectivity index (χ3n) is 2.53. The molecule has 1 N–H and O–H groups in total. The van der Waals surface area contributed by atoms with Gasteiger partial charge >= 0.3 is 5.97 Å². The summed E-state index contributed by atoms with van der Waals surface area (Å²) < 4.78 is 0. The number of carboxylic acid groups (broad SMARTS) is 1. The van der Waals surface area contributed by atoms with Gasteiger partial charge in [0.05, 0.1) is 0 Å². The standard InChI is InChI=1S/C11H21NO3/c1-4-6-7-8-10(13)12(3)9(5-2)11(14)15/h9H,4-8H2,1-3H3,(H,14,15). The summed E-state index contributed by atoms with van der Waals surface area (Å²) in [6.45, 7) is 3.84. The highest BCUT2D eigenvalue weighted by molar-refractivity contribution is 5.83. The number of likely N-dealkylation sites (N-methyl/N-ethyl adjacent to an activating group) is 1. The van der Waals surface area contributed by atoms with E-state index in [-0.39, 0.29) is 5.91 Å². The number of carboxylic acids is 1. The first-order chi connectivity index (χ1) is 7.04. The minimum Gasteiger partial charge on any atom is -0.480 e. The number of aliphatic carboxylic acids is 1. The number of rotatable bonds is 7. The summed E-state index contributed by atoms with van der Waals surface area (Å²) in [5, 5.41) is 8.87. The number of carbonyl (C=O) groups excluding carboxylic acids is 1. The second kappa shape index (κ2) is 7.26. The number of nitrogens with zero attached hydrogens (tertiary/aromatic N) is 1. The zero-order valence-electron chi connectivity index (χ0n) is 9.82. The Labute approximate surface area is 91.3 Å². The van der Waals surface area contributed by atoms with Gasteiger partial charge in [0.25, 0.3) is 0 Å².